The number of anilines is 1. The van der Waals surface area contributed by atoms with Gasteiger partial charge < -0.3 is 15.0 Å². The lowest BCUT2D eigenvalue weighted by atomic mass is 10.1. The van der Waals surface area contributed by atoms with Crippen molar-refractivity contribution < 1.29 is 14.3 Å². The molecule has 11 heteroatoms. The third kappa shape index (κ3) is 4.75. The number of fused-ring (bicyclic) bond motifs is 1. The zero-order valence-electron chi connectivity index (χ0n) is 18.9. The van der Waals surface area contributed by atoms with Crippen LogP contribution in [0.25, 0.3) is 16.7 Å². The molecule has 1 amide bonds. The molecule has 176 valence electrons. The Kier molecular flexibility index (Phi) is 7.13. The molecule has 34 heavy (non-hydrogen) atoms. The van der Waals surface area contributed by atoms with Crippen LogP contribution in [0.1, 0.15) is 34.6 Å². The molecule has 0 radical (unpaired) electrons. The van der Waals surface area contributed by atoms with E-state index in [1.54, 1.807) is 11.6 Å². The number of hydrogen-bond acceptors (Lipinski definition) is 8. The number of carbonyl (C=O) groups excluding carboxylic acids is 2. The molecule has 0 bridgehead atoms. The van der Waals surface area contributed by atoms with Gasteiger partial charge in [-0.05, 0) is 38.0 Å². The van der Waals surface area contributed by atoms with Gasteiger partial charge in [0.05, 0.1) is 29.8 Å². The highest BCUT2D eigenvalue weighted by atomic mass is 32.2. The number of aromatic nitrogens is 4. The van der Waals surface area contributed by atoms with Crippen LogP contribution in [0, 0.1) is 6.92 Å². The number of aryl methyl sites for hydroxylation is 1. The summed E-state index contributed by atoms with van der Waals surface area (Å²) in [7, 11) is 0. The second kappa shape index (κ2) is 10.2. The Labute approximate surface area is 203 Å². The first kappa shape index (κ1) is 23.7. The summed E-state index contributed by atoms with van der Waals surface area (Å²) in [5.74, 6) is -0.780. The maximum Gasteiger partial charge on any atom is 0.341 e. The first-order valence-corrected chi connectivity index (χ1v) is 12.5. The number of aromatic amines is 1. The molecule has 0 saturated heterocycles. The second-order valence-corrected chi connectivity index (χ2v) is 9.33. The van der Waals surface area contributed by atoms with Crippen LogP contribution < -0.4 is 10.9 Å². The Hall–Kier alpha value is -3.44. The van der Waals surface area contributed by atoms with Crippen LogP contribution in [0.2, 0.25) is 0 Å². The van der Waals surface area contributed by atoms with E-state index in [2.05, 4.69) is 20.4 Å². The molecule has 0 aliphatic heterocycles. The highest BCUT2D eigenvalue weighted by Crippen LogP contribution is 2.34. The Balaban J connectivity index is 1.53. The monoisotopic (exact) mass is 497 g/mol. The van der Waals surface area contributed by atoms with E-state index in [-0.39, 0.29) is 23.8 Å². The van der Waals surface area contributed by atoms with Gasteiger partial charge in [-0.3, -0.25) is 9.59 Å². The van der Waals surface area contributed by atoms with E-state index in [0.29, 0.717) is 26.8 Å². The maximum absolute atomic E-state index is 12.7. The molecule has 0 aliphatic rings. The van der Waals surface area contributed by atoms with Gasteiger partial charge in [0, 0.05) is 4.88 Å². The highest BCUT2D eigenvalue weighted by molar-refractivity contribution is 7.99. The number of esters is 1. The molecule has 4 aromatic rings. The van der Waals surface area contributed by atoms with Crippen LogP contribution in [0.3, 0.4) is 0 Å². The highest BCUT2D eigenvalue weighted by Gasteiger charge is 2.23. The minimum atomic E-state index is -0.454. The van der Waals surface area contributed by atoms with Gasteiger partial charge in [0.25, 0.3) is 5.56 Å². The lowest BCUT2D eigenvalue weighted by Crippen LogP contribution is -2.17. The van der Waals surface area contributed by atoms with Gasteiger partial charge in [-0.1, -0.05) is 36.9 Å². The molecular weight excluding hydrogens is 474 g/mol. The lowest BCUT2D eigenvalue weighted by Gasteiger charge is -2.07. The van der Waals surface area contributed by atoms with Crippen LogP contribution in [-0.2, 0) is 16.0 Å². The standard InChI is InChI=1S/C23H23N5O4S2/c1-4-16-13(3)18(22(31)32-5-2)21(34-16)25-17(29)12-33-23-26-19-15(20(30)27-23)11-24-28(19)14-9-7-6-8-10-14/h6-11H,4-5,12H2,1-3H3,(H,25,29)(H,26,27,30). The fourth-order valence-corrected chi connectivity index (χ4v) is 5.26. The third-order valence-electron chi connectivity index (χ3n) is 5.06. The molecule has 1 aromatic carbocycles. The van der Waals surface area contributed by atoms with E-state index in [9.17, 15) is 14.4 Å². The summed E-state index contributed by atoms with van der Waals surface area (Å²) in [6.45, 7) is 5.84. The molecule has 0 unspecified atom stereocenters. The predicted octanol–water partition coefficient (Wildman–Crippen LogP) is 3.95. The number of benzene rings is 1. The number of carbonyl (C=O) groups is 2. The molecule has 2 N–H and O–H groups in total. The molecule has 0 fully saturated rings. The van der Waals surface area contributed by atoms with Crippen molar-refractivity contribution in [2.24, 2.45) is 0 Å². The normalized spacial score (nSPS) is 11.0. The fourth-order valence-electron chi connectivity index (χ4n) is 3.46. The zero-order chi connectivity index (χ0) is 24.2. The molecule has 0 spiro atoms. The first-order valence-electron chi connectivity index (χ1n) is 10.7. The molecule has 4 rings (SSSR count). The number of H-pyrrole nitrogens is 1. The minimum absolute atomic E-state index is 0.00536. The molecule has 3 heterocycles. The van der Waals surface area contributed by atoms with Crippen LogP contribution >= 0.6 is 23.1 Å². The average Bonchev–Trinajstić information content (AvgIpc) is 3.39. The lowest BCUT2D eigenvalue weighted by molar-refractivity contribution is -0.113. The van der Waals surface area contributed by atoms with Gasteiger partial charge in [0.1, 0.15) is 10.4 Å². The number of rotatable bonds is 8. The van der Waals surface area contributed by atoms with Crippen LogP contribution in [0.5, 0.6) is 0 Å². The van der Waals surface area contributed by atoms with Gasteiger partial charge in [0.2, 0.25) is 5.91 Å². The van der Waals surface area contributed by atoms with E-state index >= 15 is 0 Å². The number of nitrogens with zero attached hydrogens (tertiary/aromatic N) is 3. The number of amides is 1. The van der Waals surface area contributed by atoms with Gasteiger partial charge in [-0.2, -0.15) is 5.10 Å². The summed E-state index contributed by atoms with van der Waals surface area (Å²) in [5, 5.41) is 8.23. The largest absolute Gasteiger partial charge is 0.462 e. The van der Waals surface area contributed by atoms with Crippen molar-refractivity contribution in [3.8, 4) is 5.69 Å². The molecule has 0 saturated carbocycles. The number of hydrogen-bond donors (Lipinski definition) is 2. The SMILES string of the molecule is CCOC(=O)c1c(NC(=O)CSc2nc3c(cnn3-c3ccccc3)c(=O)[nH]2)sc(CC)c1C. The average molecular weight is 498 g/mol. The Morgan fingerprint density at radius 1 is 1.24 bits per heavy atom. The Bertz CT molecular complexity index is 1410. The molecular formula is C23H23N5O4S2. The summed E-state index contributed by atoms with van der Waals surface area (Å²) in [5.41, 5.74) is 2.06. The van der Waals surface area contributed by atoms with E-state index in [1.165, 1.54) is 17.5 Å². The first-order chi connectivity index (χ1) is 16.4. The summed E-state index contributed by atoms with van der Waals surface area (Å²) >= 11 is 2.46. The van der Waals surface area contributed by atoms with Crippen molar-refractivity contribution in [1.29, 1.82) is 0 Å². The van der Waals surface area contributed by atoms with Gasteiger partial charge in [0.15, 0.2) is 10.8 Å². The third-order valence-corrected chi connectivity index (χ3v) is 7.28. The van der Waals surface area contributed by atoms with Crippen molar-refractivity contribution in [2.45, 2.75) is 32.3 Å². The molecule has 9 nitrogen and oxygen atoms in total. The summed E-state index contributed by atoms with van der Waals surface area (Å²) < 4.78 is 6.75. The maximum atomic E-state index is 12.7. The van der Waals surface area contributed by atoms with Crippen LogP contribution in [-0.4, -0.2) is 44.0 Å². The van der Waals surface area contributed by atoms with E-state index in [1.807, 2.05) is 44.2 Å². The van der Waals surface area contributed by atoms with Gasteiger partial charge in [-0.25, -0.2) is 14.5 Å². The summed E-state index contributed by atoms with van der Waals surface area (Å²) in [6.07, 6.45) is 2.21. The van der Waals surface area contributed by atoms with Crippen LogP contribution in [0.15, 0.2) is 46.5 Å². The van der Waals surface area contributed by atoms with Gasteiger partial charge >= 0.3 is 5.97 Å². The number of nitrogens with one attached hydrogen (secondary N) is 2. The topological polar surface area (TPSA) is 119 Å². The number of ether oxygens (including phenoxy) is 1. The fraction of sp³-hybridized carbons (Fsp3) is 0.261. The van der Waals surface area contributed by atoms with Crippen molar-refractivity contribution >= 4 is 51.0 Å². The number of thioether (sulfide) groups is 1. The predicted molar refractivity (Wildman–Crippen MR) is 133 cm³/mol. The summed E-state index contributed by atoms with van der Waals surface area (Å²) in [4.78, 5) is 45.9. The van der Waals surface area contributed by atoms with Crippen LogP contribution in [0.4, 0.5) is 5.00 Å². The second-order valence-electron chi connectivity index (χ2n) is 7.27. The molecule has 3 aromatic heterocycles. The zero-order valence-corrected chi connectivity index (χ0v) is 20.5. The van der Waals surface area contributed by atoms with E-state index in [4.69, 9.17) is 4.74 Å². The quantitative estimate of drug-likeness (QED) is 0.215. The number of para-hydroxylation sites is 1. The number of thiophene rings is 1. The van der Waals surface area contributed by atoms with Crippen molar-refractivity contribution in [3.05, 3.63) is 62.9 Å². The van der Waals surface area contributed by atoms with Crippen molar-refractivity contribution in [2.75, 3.05) is 17.7 Å². The Morgan fingerprint density at radius 3 is 2.71 bits per heavy atom. The Morgan fingerprint density at radius 2 is 2.00 bits per heavy atom. The smallest absolute Gasteiger partial charge is 0.341 e. The van der Waals surface area contributed by atoms with E-state index in [0.717, 1.165) is 34.3 Å². The minimum Gasteiger partial charge on any atom is -0.462 e. The molecule has 0 atom stereocenters. The van der Waals surface area contributed by atoms with Crippen molar-refractivity contribution in [3.63, 3.8) is 0 Å². The molecule has 0 aliphatic carbocycles. The van der Waals surface area contributed by atoms with E-state index < -0.39 is 5.97 Å². The van der Waals surface area contributed by atoms with Crippen molar-refractivity contribution in [1.82, 2.24) is 19.7 Å². The van der Waals surface area contributed by atoms with Gasteiger partial charge in [-0.15, -0.1) is 11.3 Å². The summed E-state index contributed by atoms with van der Waals surface area (Å²) in [6, 6.07) is 9.36.